The van der Waals surface area contributed by atoms with Gasteiger partial charge in [0.15, 0.2) is 0 Å². The number of carbonyl (C=O) groups excluding carboxylic acids is 3. The molecule has 3 amide bonds. The van der Waals surface area contributed by atoms with Crippen LogP contribution < -0.4 is 10.1 Å². The first-order chi connectivity index (χ1) is 14.2. The summed E-state index contributed by atoms with van der Waals surface area (Å²) in [5.41, 5.74) is 2.05. The van der Waals surface area contributed by atoms with Gasteiger partial charge < -0.3 is 10.1 Å². The van der Waals surface area contributed by atoms with E-state index in [1.807, 2.05) is 32.9 Å². The number of anilines is 1. The summed E-state index contributed by atoms with van der Waals surface area (Å²) in [7, 11) is 0. The molecule has 156 valence electrons. The number of carbonyl (C=O) groups is 3. The van der Waals surface area contributed by atoms with Gasteiger partial charge in [-0.05, 0) is 62.4 Å². The third kappa shape index (κ3) is 5.23. The second-order valence-electron chi connectivity index (χ2n) is 6.98. The van der Waals surface area contributed by atoms with Gasteiger partial charge in [-0.25, -0.2) is 0 Å². The van der Waals surface area contributed by atoms with Crippen molar-refractivity contribution in [2.75, 3.05) is 11.9 Å². The molecule has 0 aromatic heterocycles. The number of rotatable bonds is 6. The molecule has 1 saturated heterocycles. The zero-order valence-electron chi connectivity index (χ0n) is 16.8. The Morgan fingerprint density at radius 2 is 1.97 bits per heavy atom. The van der Waals surface area contributed by atoms with Crippen LogP contribution >= 0.6 is 23.4 Å². The maximum absolute atomic E-state index is 12.7. The van der Waals surface area contributed by atoms with E-state index in [0.29, 0.717) is 22.0 Å². The minimum absolute atomic E-state index is 0.0340. The number of ether oxygens (including phenoxy) is 1. The van der Waals surface area contributed by atoms with Crippen molar-refractivity contribution in [1.82, 2.24) is 4.90 Å². The van der Waals surface area contributed by atoms with Crippen molar-refractivity contribution in [2.45, 2.75) is 26.9 Å². The summed E-state index contributed by atoms with van der Waals surface area (Å²) in [6, 6.07) is 12.4. The van der Waals surface area contributed by atoms with E-state index in [-0.39, 0.29) is 17.6 Å². The average molecular weight is 445 g/mol. The number of aryl methyl sites for hydroxylation is 1. The van der Waals surface area contributed by atoms with Gasteiger partial charge in [-0.3, -0.25) is 19.3 Å². The van der Waals surface area contributed by atoms with Crippen LogP contribution in [0.1, 0.15) is 25.0 Å². The Labute approximate surface area is 184 Å². The molecular weight excluding hydrogens is 424 g/mol. The predicted octanol–water partition coefficient (Wildman–Crippen LogP) is 5.11. The highest BCUT2D eigenvalue weighted by atomic mass is 35.5. The fraction of sp³-hybridized carbons (Fsp3) is 0.227. The van der Waals surface area contributed by atoms with E-state index in [1.165, 1.54) is 0 Å². The predicted molar refractivity (Wildman–Crippen MR) is 120 cm³/mol. The number of nitrogens with one attached hydrogen (secondary N) is 1. The zero-order valence-corrected chi connectivity index (χ0v) is 18.3. The lowest BCUT2D eigenvalue weighted by Crippen LogP contribution is -2.36. The van der Waals surface area contributed by atoms with Gasteiger partial charge in [-0.1, -0.05) is 35.9 Å². The largest absolute Gasteiger partial charge is 0.490 e. The topological polar surface area (TPSA) is 75.7 Å². The van der Waals surface area contributed by atoms with E-state index in [2.05, 4.69) is 5.32 Å². The standard InChI is InChI=1S/C22H21ClN2O4S/c1-13(2)29-18-7-5-4-6-15(18)10-19-21(27)25(22(28)30-19)12-20(26)24-17-11-16(23)9-8-14(17)3/h4-11,13H,12H2,1-3H3,(H,24,26)/b19-10-. The summed E-state index contributed by atoms with van der Waals surface area (Å²) in [6.45, 7) is 5.26. The molecule has 1 heterocycles. The van der Waals surface area contributed by atoms with Crippen LogP contribution in [0.3, 0.4) is 0 Å². The molecule has 1 N–H and O–H groups in total. The Hall–Kier alpha value is -2.77. The number of hydrogen-bond donors (Lipinski definition) is 1. The maximum atomic E-state index is 12.7. The van der Waals surface area contributed by atoms with E-state index in [1.54, 1.807) is 36.4 Å². The molecule has 30 heavy (non-hydrogen) atoms. The fourth-order valence-corrected chi connectivity index (χ4v) is 3.80. The van der Waals surface area contributed by atoms with Crippen LogP contribution in [0, 0.1) is 6.92 Å². The second-order valence-corrected chi connectivity index (χ2v) is 8.41. The molecule has 0 bridgehead atoms. The van der Waals surface area contributed by atoms with Crippen molar-refractivity contribution < 1.29 is 19.1 Å². The van der Waals surface area contributed by atoms with Crippen molar-refractivity contribution >= 4 is 52.2 Å². The molecule has 8 heteroatoms. The van der Waals surface area contributed by atoms with Crippen molar-refractivity contribution in [1.29, 1.82) is 0 Å². The van der Waals surface area contributed by atoms with Crippen LogP contribution in [0.15, 0.2) is 47.4 Å². The lowest BCUT2D eigenvalue weighted by atomic mass is 10.2. The van der Waals surface area contributed by atoms with Gasteiger partial charge in [0.1, 0.15) is 12.3 Å². The van der Waals surface area contributed by atoms with Crippen molar-refractivity contribution in [3.8, 4) is 5.75 Å². The molecule has 1 aliphatic heterocycles. The second kappa shape index (κ2) is 9.36. The van der Waals surface area contributed by atoms with Crippen molar-refractivity contribution in [3.05, 3.63) is 63.5 Å². The van der Waals surface area contributed by atoms with Crippen LogP contribution in [0.25, 0.3) is 6.08 Å². The first-order valence-electron chi connectivity index (χ1n) is 9.31. The number of para-hydroxylation sites is 1. The van der Waals surface area contributed by atoms with E-state index in [4.69, 9.17) is 16.3 Å². The van der Waals surface area contributed by atoms with E-state index >= 15 is 0 Å². The quantitative estimate of drug-likeness (QED) is 0.626. The third-order valence-corrected chi connectivity index (χ3v) is 5.36. The van der Waals surface area contributed by atoms with Crippen LogP contribution in [0.4, 0.5) is 10.5 Å². The van der Waals surface area contributed by atoms with Crippen LogP contribution in [0.5, 0.6) is 5.75 Å². The summed E-state index contributed by atoms with van der Waals surface area (Å²) in [5, 5.41) is 2.68. The molecule has 0 unspecified atom stereocenters. The van der Waals surface area contributed by atoms with E-state index in [0.717, 1.165) is 22.2 Å². The van der Waals surface area contributed by atoms with Gasteiger partial charge >= 0.3 is 0 Å². The van der Waals surface area contributed by atoms with Gasteiger partial charge in [-0.2, -0.15) is 0 Å². The number of benzene rings is 2. The van der Waals surface area contributed by atoms with Crippen LogP contribution in [-0.2, 0) is 9.59 Å². The lowest BCUT2D eigenvalue weighted by Gasteiger charge is -2.14. The minimum Gasteiger partial charge on any atom is -0.490 e. The molecule has 2 aromatic rings. The number of imide groups is 1. The molecule has 1 aliphatic rings. The maximum Gasteiger partial charge on any atom is 0.294 e. The first kappa shape index (κ1) is 21.9. The highest BCUT2D eigenvalue weighted by molar-refractivity contribution is 8.18. The van der Waals surface area contributed by atoms with Gasteiger partial charge in [0, 0.05) is 16.3 Å². The molecule has 0 saturated carbocycles. The Bertz CT molecular complexity index is 1040. The molecule has 1 fully saturated rings. The number of halogens is 1. The fourth-order valence-electron chi connectivity index (χ4n) is 2.80. The summed E-state index contributed by atoms with van der Waals surface area (Å²) in [6.07, 6.45) is 1.58. The highest BCUT2D eigenvalue weighted by Gasteiger charge is 2.36. The van der Waals surface area contributed by atoms with Gasteiger partial charge in [0.05, 0.1) is 11.0 Å². The van der Waals surface area contributed by atoms with Crippen molar-refractivity contribution in [2.24, 2.45) is 0 Å². The van der Waals surface area contributed by atoms with Gasteiger partial charge in [-0.15, -0.1) is 0 Å². The molecular formula is C22H21ClN2O4S. The first-order valence-corrected chi connectivity index (χ1v) is 10.5. The summed E-state index contributed by atoms with van der Waals surface area (Å²) >= 11 is 6.77. The summed E-state index contributed by atoms with van der Waals surface area (Å²) < 4.78 is 5.76. The Morgan fingerprint density at radius 3 is 2.70 bits per heavy atom. The van der Waals surface area contributed by atoms with Crippen molar-refractivity contribution in [3.63, 3.8) is 0 Å². The molecule has 0 atom stereocenters. The number of amides is 3. The summed E-state index contributed by atoms with van der Waals surface area (Å²) in [4.78, 5) is 38.7. The Morgan fingerprint density at radius 1 is 1.23 bits per heavy atom. The van der Waals surface area contributed by atoms with Gasteiger partial charge in [0.25, 0.3) is 11.1 Å². The monoisotopic (exact) mass is 444 g/mol. The van der Waals surface area contributed by atoms with E-state index in [9.17, 15) is 14.4 Å². The number of thioether (sulfide) groups is 1. The van der Waals surface area contributed by atoms with Gasteiger partial charge in [0.2, 0.25) is 5.91 Å². The Kier molecular flexibility index (Phi) is 6.84. The van der Waals surface area contributed by atoms with Crippen LogP contribution in [-0.4, -0.2) is 34.6 Å². The zero-order chi connectivity index (χ0) is 21.8. The summed E-state index contributed by atoms with van der Waals surface area (Å²) in [5.74, 6) is -0.372. The average Bonchev–Trinajstić information content (AvgIpc) is 2.93. The highest BCUT2D eigenvalue weighted by Crippen LogP contribution is 2.34. The Balaban J connectivity index is 1.74. The lowest BCUT2D eigenvalue weighted by molar-refractivity contribution is -0.127. The normalized spacial score (nSPS) is 15.2. The third-order valence-electron chi connectivity index (χ3n) is 4.22. The molecule has 0 aliphatic carbocycles. The number of nitrogens with zero attached hydrogens (tertiary/aromatic N) is 1. The smallest absolute Gasteiger partial charge is 0.294 e. The molecule has 0 radical (unpaired) electrons. The number of hydrogen-bond acceptors (Lipinski definition) is 5. The minimum atomic E-state index is -0.512. The molecule has 2 aromatic carbocycles. The SMILES string of the molecule is Cc1ccc(Cl)cc1NC(=O)CN1C(=O)S/C(=C\c2ccccc2OC(C)C)C1=O. The molecule has 0 spiro atoms. The molecule has 3 rings (SSSR count). The van der Waals surface area contributed by atoms with Crippen LogP contribution in [0.2, 0.25) is 5.02 Å². The van der Waals surface area contributed by atoms with E-state index < -0.39 is 17.1 Å². The molecule has 6 nitrogen and oxygen atoms in total.